The first-order valence-corrected chi connectivity index (χ1v) is 7.62. The van der Waals surface area contributed by atoms with E-state index in [9.17, 15) is 8.42 Å². The molecule has 1 aromatic carbocycles. The van der Waals surface area contributed by atoms with Gasteiger partial charge in [0.2, 0.25) is 0 Å². The average molecular weight is 284 g/mol. The SMILES string of the molecule is CCOc1ccccc1OS(=O)(=O)c1cccs1. The van der Waals surface area contributed by atoms with Crippen molar-refractivity contribution in [2.75, 3.05) is 6.61 Å². The quantitative estimate of drug-likeness (QED) is 0.792. The lowest BCUT2D eigenvalue weighted by atomic mass is 10.3. The molecular formula is C12H12O4S2. The highest BCUT2D eigenvalue weighted by Crippen LogP contribution is 2.30. The summed E-state index contributed by atoms with van der Waals surface area (Å²) in [5.41, 5.74) is 0. The monoisotopic (exact) mass is 284 g/mol. The Hall–Kier alpha value is -1.53. The highest BCUT2D eigenvalue weighted by Gasteiger charge is 2.19. The van der Waals surface area contributed by atoms with Gasteiger partial charge in [0.05, 0.1) is 6.61 Å². The molecule has 4 nitrogen and oxygen atoms in total. The standard InChI is InChI=1S/C12H12O4S2/c1-2-15-10-6-3-4-7-11(10)16-18(13,14)12-8-5-9-17-12/h3-9H,2H2,1H3. The predicted molar refractivity (Wildman–Crippen MR) is 69.7 cm³/mol. The molecule has 0 N–H and O–H groups in total. The molecule has 0 amide bonds. The van der Waals surface area contributed by atoms with Crippen molar-refractivity contribution >= 4 is 21.5 Å². The summed E-state index contributed by atoms with van der Waals surface area (Å²) in [6, 6.07) is 9.86. The molecule has 1 aromatic heterocycles. The smallest absolute Gasteiger partial charge is 0.348 e. The molecule has 2 aromatic rings. The maximum atomic E-state index is 12.0. The largest absolute Gasteiger partial charge is 0.490 e. The maximum Gasteiger partial charge on any atom is 0.348 e. The Morgan fingerprint density at radius 1 is 1.11 bits per heavy atom. The summed E-state index contributed by atoms with van der Waals surface area (Å²) in [7, 11) is -3.77. The van der Waals surface area contributed by atoms with Gasteiger partial charge in [-0.2, -0.15) is 8.42 Å². The Morgan fingerprint density at radius 3 is 2.44 bits per heavy atom. The first-order valence-electron chi connectivity index (χ1n) is 5.33. The molecule has 0 bridgehead atoms. The minimum Gasteiger partial charge on any atom is -0.490 e. The second-order valence-corrected chi connectivity index (χ2v) is 6.07. The average Bonchev–Trinajstić information content (AvgIpc) is 2.86. The van der Waals surface area contributed by atoms with Crippen LogP contribution in [0, 0.1) is 0 Å². The van der Waals surface area contributed by atoms with Crippen molar-refractivity contribution in [3.63, 3.8) is 0 Å². The highest BCUT2D eigenvalue weighted by atomic mass is 32.3. The fourth-order valence-electron chi connectivity index (χ4n) is 1.36. The fraction of sp³-hybridized carbons (Fsp3) is 0.167. The number of rotatable bonds is 5. The summed E-state index contributed by atoms with van der Waals surface area (Å²) in [6.45, 7) is 2.27. The molecule has 18 heavy (non-hydrogen) atoms. The maximum absolute atomic E-state index is 12.0. The molecule has 0 unspecified atom stereocenters. The van der Waals surface area contributed by atoms with Gasteiger partial charge < -0.3 is 8.92 Å². The lowest BCUT2D eigenvalue weighted by molar-refractivity contribution is 0.327. The lowest BCUT2D eigenvalue weighted by Gasteiger charge is -2.10. The zero-order chi connectivity index (χ0) is 13.0. The normalized spacial score (nSPS) is 11.2. The highest BCUT2D eigenvalue weighted by molar-refractivity contribution is 7.89. The van der Waals surface area contributed by atoms with E-state index in [4.69, 9.17) is 8.92 Å². The van der Waals surface area contributed by atoms with Crippen LogP contribution in [-0.2, 0) is 10.1 Å². The van der Waals surface area contributed by atoms with E-state index in [1.165, 1.54) is 6.07 Å². The van der Waals surface area contributed by atoms with Crippen molar-refractivity contribution in [3.05, 3.63) is 41.8 Å². The fourth-order valence-corrected chi connectivity index (χ4v) is 3.25. The first kappa shape index (κ1) is 12.9. The van der Waals surface area contributed by atoms with E-state index in [0.29, 0.717) is 12.4 Å². The molecule has 0 aliphatic carbocycles. The summed E-state index contributed by atoms with van der Waals surface area (Å²) in [4.78, 5) is 0. The van der Waals surface area contributed by atoms with Gasteiger partial charge >= 0.3 is 10.1 Å². The number of hydrogen-bond donors (Lipinski definition) is 0. The Labute approximate surface area is 110 Å². The van der Waals surface area contributed by atoms with Crippen molar-refractivity contribution in [1.29, 1.82) is 0 Å². The van der Waals surface area contributed by atoms with Gasteiger partial charge in [-0.05, 0) is 30.5 Å². The lowest BCUT2D eigenvalue weighted by Crippen LogP contribution is -2.09. The van der Waals surface area contributed by atoms with E-state index in [2.05, 4.69) is 0 Å². The molecular weight excluding hydrogens is 272 g/mol. The molecule has 0 radical (unpaired) electrons. The topological polar surface area (TPSA) is 52.6 Å². The number of thiophene rings is 1. The van der Waals surface area contributed by atoms with E-state index in [-0.39, 0.29) is 9.96 Å². The van der Waals surface area contributed by atoms with Crippen molar-refractivity contribution in [2.24, 2.45) is 0 Å². The van der Waals surface area contributed by atoms with E-state index in [1.54, 1.807) is 35.7 Å². The molecule has 0 fully saturated rings. The van der Waals surface area contributed by atoms with Crippen molar-refractivity contribution in [1.82, 2.24) is 0 Å². The van der Waals surface area contributed by atoms with Gasteiger partial charge in [-0.15, -0.1) is 11.3 Å². The Balaban J connectivity index is 2.29. The van der Waals surface area contributed by atoms with Crippen LogP contribution in [0.2, 0.25) is 0 Å². The van der Waals surface area contributed by atoms with Gasteiger partial charge in [-0.1, -0.05) is 18.2 Å². The molecule has 0 aliphatic rings. The van der Waals surface area contributed by atoms with Crippen LogP contribution in [0.5, 0.6) is 11.5 Å². The number of hydrogen-bond acceptors (Lipinski definition) is 5. The second kappa shape index (κ2) is 5.41. The van der Waals surface area contributed by atoms with Crippen LogP contribution in [0.15, 0.2) is 46.0 Å². The number of benzene rings is 1. The van der Waals surface area contributed by atoms with Crippen molar-refractivity contribution in [3.8, 4) is 11.5 Å². The molecule has 6 heteroatoms. The third-order valence-corrected chi connectivity index (χ3v) is 4.68. The van der Waals surface area contributed by atoms with Crippen LogP contribution in [0.4, 0.5) is 0 Å². The molecule has 0 saturated heterocycles. The Morgan fingerprint density at radius 2 is 1.83 bits per heavy atom. The van der Waals surface area contributed by atoms with Crippen LogP contribution >= 0.6 is 11.3 Å². The molecule has 2 rings (SSSR count). The summed E-state index contributed by atoms with van der Waals surface area (Å²) in [5, 5.41) is 1.69. The van der Waals surface area contributed by atoms with Crippen LogP contribution < -0.4 is 8.92 Å². The summed E-state index contributed by atoms with van der Waals surface area (Å²) in [5.74, 6) is 0.618. The van der Waals surface area contributed by atoms with Gasteiger partial charge in [-0.3, -0.25) is 0 Å². The van der Waals surface area contributed by atoms with Crippen LogP contribution in [-0.4, -0.2) is 15.0 Å². The van der Waals surface area contributed by atoms with Gasteiger partial charge in [0.15, 0.2) is 15.7 Å². The van der Waals surface area contributed by atoms with Crippen molar-refractivity contribution < 1.29 is 17.3 Å². The van der Waals surface area contributed by atoms with Crippen molar-refractivity contribution in [2.45, 2.75) is 11.1 Å². The summed E-state index contributed by atoms with van der Waals surface area (Å²) >= 11 is 1.11. The van der Waals surface area contributed by atoms with E-state index in [0.717, 1.165) is 11.3 Å². The molecule has 96 valence electrons. The van der Waals surface area contributed by atoms with Gasteiger partial charge in [0.25, 0.3) is 0 Å². The van der Waals surface area contributed by atoms with E-state index < -0.39 is 10.1 Å². The third kappa shape index (κ3) is 2.83. The number of ether oxygens (including phenoxy) is 1. The third-order valence-electron chi connectivity index (χ3n) is 2.09. The first-order chi connectivity index (χ1) is 8.63. The Kier molecular flexibility index (Phi) is 3.88. The molecule has 0 aliphatic heterocycles. The van der Waals surface area contributed by atoms with Crippen LogP contribution in [0.3, 0.4) is 0 Å². The molecule has 1 heterocycles. The van der Waals surface area contributed by atoms with Gasteiger partial charge in [-0.25, -0.2) is 0 Å². The molecule has 0 saturated carbocycles. The van der Waals surface area contributed by atoms with Gasteiger partial charge in [0.1, 0.15) is 0 Å². The predicted octanol–water partition coefficient (Wildman–Crippen LogP) is 2.91. The second-order valence-electron chi connectivity index (χ2n) is 3.35. The van der Waals surface area contributed by atoms with E-state index >= 15 is 0 Å². The zero-order valence-corrected chi connectivity index (χ0v) is 11.3. The minimum absolute atomic E-state index is 0.175. The van der Waals surface area contributed by atoms with Gasteiger partial charge in [0, 0.05) is 0 Å². The minimum atomic E-state index is -3.77. The molecule has 0 atom stereocenters. The Bertz CT molecular complexity index is 603. The summed E-state index contributed by atoms with van der Waals surface area (Å²) in [6.07, 6.45) is 0. The summed E-state index contributed by atoms with van der Waals surface area (Å²) < 4.78 is 34.5. The van der Waals surface area contributed by atoms with Crippen LogP contribution in [0.1, 0.15) is 6.92 Å². The van der Waals surface area contributed by atoms with Crippen LogP contribution in [0.25, 0.3) is 0 Å². The molecule has 0 spiro atoms. The zero-order valence-electron chi connectivity index (χ0n) is 9.70. The van der Waals surface area contributed by atoms with E-state index in [1.807, 2.05) is 6.92 Å². The number of para-hydroxylation sites is 2.